The number of hydrogen-bond acceptors (Lipinski definition) is 4. The molecule has 1 unspecified atom stereocenters. The molecule has 3 aromatic rings. The van der Waals surface area contributed by atoms with E-state index in [1.54, 1.807) is 12.1 Å². The molecule has 8 heteroatoms. The second kappa shape index (κ2) is 13.1. The number of nitrogens with zero attached hydrogens (tertiary/aromatic N) is 2. The second-order valence-corrected chi connectivity index (χ2v) is 13.1. The lowest BCUT2D eigenvalue weighted by molar-refractivity contribution is -0.140. The van der Waals surface area contributed by atoms with Gasteiger partial charge in [-0.15, -0.1) is 0 Å². The number of carbonyl (C=O) groups is 2. The van der Waals surface area contributed by atoms with Crippen LogP contribution in [0.2, 0.25) is 0 Å². The van der Waals surface area contributed by atoms with Crippen LogP contribution in [0.4, 0.5) is 5.69 Å². The van der Waals surface area contributed by atoms with Gasteiger partial charge in [0.25, 0.3) is 0 Å². The molecule has 40 heavy (non-hydrogen) atoms. The Morgan fingerprint density at radius 2 is 1.48 bits per heavy atom. The maximum Gasteiger partial charge on any atom is 0.244 e. The van der Waals surface area contributed by atoms with Gasteiger partial charge in [0.05, 0.1) is 11.9 Å². The molecule has 0 spiro atoms. The van der Waals surface area contributed by atoms with Crippen molar-refractivity contribution in [1.82, 2.24) is 10.2 Å². The van der Waals surface area contributed by atoms with E-state index < -0.39 is 34.1 Å². The van der Waals surface area contributed by atoms with Gasteiger partial charge in [-0.25, -0.2) is 8.42 Å². The van der Waals surface area contributed by atoms with Gasteiger partial charge in [0.15, 0.2) is 0 Å². The fourth-order valence-corrected chi connectivity index (χ4v) is 5.34. The summed E-state index contributed by atoms with van der Waals surface area (Å²) < 4.78 is 26.9. The van der Waals surface area contributed by atoms with E-state index >= 15 is 0 Å². The number of amides is 2. The molecule has 0 aliphatic carbocycles. The van der Waals surface area contributed by atoms with Crippen LogP contribution in [0, 0.1) is 6.92 Å². The zero-order chi connectivity index (χ0) is 29.5. The Hall–Kier alpha value is -3.65. The highest BCUT2D eigenvalue weighted by Gasteiger charge is 2.34. The summed E-state index contributed by atoms with van der Waals surface area (Å²) in [5, 5.41) is 3.04. The zero-order valence-electron chi connectivity index (χ0n) is 24.3. The summed E-state index contributed by atoms with van der Waals surface area (Å²) in [6.07, 6.45) is 2.18. The Labute approximate surface area is 239 Å². The summed E-state index contributed by atoms with van der Waals surface area (Å²) in [4.78, 5) is 29.4. The molecule has 0 saturated carbocycles. The number of benzene rings is 3. The first kappa shape index (κ1) is 30.9. The summed E-state index contributed by atoms with van der Waals surface area (Å²) in [6, 6.07) is 23.5. The molecule has 0 aliphatic rings. The summed E-state index contributed by atoms with van der Waals surface area (Å²) in [5.74, 6) is -0.755. The molecule has 3 aromatic carbocycles. The molecule has 1 atom stereocenters. The highest BCUT2D eigenvalue weighted by molar-refractivity contribution is 7.92. The molecule has 214 valence electrons. The molecule has 0 heterocycles. The molecule has 7 nitrogen and oxygen atoms in total. The van der Waals surface area contributed by atoms with Crippen LogP contribution >= 0.6 is 0 Å². The zero-order valence-corrected chi connectivity index (χ0v) is 25.2. The third-order valence-corrected chi connectivity index (χ3v) is 7.82. The van der Waals surface area contributed by atoms with Crippen molar-refractivity contribution in [2.24, 2.45) is 0 Å². The van der Waals surface area contributed by atoms with Crippen LogP contribution in [-0.4, -0.2) is 49.5 Å². The largest absolute Gasteiger partial charge is 0.350 e. The van der Waals surface area contributed by atoms with E-state index in [4.69, 9.17) is 0 Å². The fourth-order valence-electron chi connectivity index (χ4n) is 4.49. The average molecular weight is 564 g/mol. The van der Waals surface area contributed by atoms with Crippen LogP contribution in [0.1, 0.15) is 49.9 Å². The Morgan fingerprint density at radius 1 is 0.875 bits per heavy atom. The predicted octanol–water partition coefficient (Wildman–Crippen LogP) is 4.88. The van der Waals surface area contributed by atoms with E-state index in [2.05, 4.69) is 5.32 Å². The van der Waals surface area contributed by atoms with Gasteiger partial charge in [0, 0.05) is 18.5 Å². The molecule has 0 radical (unpaired) electrons. The number of anilines is 1. The Morgan fingerprint density at radius 3 is 2.02 bits per heavy atom. The Kier molecular flexibility index (Phi) is 10.1. The van der Waals surface area contributed by atoms with Crippen LogP contribution in [0.25, 0.3) is 0 Å². The van der Waals surface area contributed by atoms with Gasteiger partial charge >= 0.3 is 0 Å². The maximum absolute atomic E-state index is 14.2. The standard InChI is InChI=1S/C32H41N3O4S/c1-7-25-17-19-28(20-18-25)35(40(6,38)39)23-30(36)34(22-27-16-12-11-13-24(27)2)29(31(37)33-32(3,4)5)21-26-14-9-8-10-15-26/h8-20,29H,7,21-23H2,1-6H3,(H,33,37). The van der Waals surface area contributed by atoms with E-state index in [-0.39, 0.29) is 18.9 Å². The number of hydrogen-bond donors (Lipinski definition) is 1. The van der Waals surface area contributed by atoms with Gasteiger partial charge < -0.3 is 10.2 Å². The number of rotatable bonds is 11. The van der Waals surface area contributed by atoms with Crippen molar-refractivity contribution >= 4 is 27.5 Å². The molecule has 1 N–H and O–H groups in total. The molecule has 2 amide bonds. The van der Waals surface area contributed by atoms with E-state index in [1.807, 2.05) is 101 Å². The molecule has 0 fully saturated rings. The first-order valence-electron chi connectivity index (χ1n) is 13.5. The van der Waals surface area contributed by atoms with Gasteiger partial charge in [0.1, 0.15) is 12.6 Å². The minimum absolute atomic E-state index is 0.160. The highest BCUT2D eigenvalue weighted by atomic mass is 32.2. The minimum Gasteiger partial charge on any atom is -0.350 e. The van der Waals surface area contributed by atoms with Gasteiger partial charge in [-0.05, 0) is 68.5 Å². The number of nitrogens with one attached hydrogen (secondary N) is 1. The minimum atomic E-state index is -3.80. The quantitative estimate of drug-likeness (QED) is 0.360. The lowest BCUT2D eigenvalue weighted by atomic mass is 10.00. The van der Waals surface area contributed by atoms with Gasteiger partial charge in [-0.3, -0.25) is 13.9 Å². The number of aryl methyl sites for hydroxylation is 2. The molecular formula is C32H41N3O4S. The van der Waals surface area contributed by atoms with Gasteiger partial charge in [0.2, 0.25) is 21.8 Å². The van der Waals surface area contributed by atoms with E-state index in [0.29, 0.717) is 5.69 Å². The summed E-state index contributed by atoms with van der Waals surface area (Å²) >= 11 is 0. The van der Waals surface area contributed by atoms with Crippen LogP contribution in [0.5, 0.6) is 0 Å². The van der Waals surface area contributed by atoms with Crippen molar-refractivity contribution in [3.05, 3.63) is 101 Å². The van der Waals surface area contributed by atoms with Crippen molar-refractivity contribution in [2.45, 2.75) is 65.6 Å². The highest BCUT2D eigenvalue weighted by Crippen LogP contribution is 2.22. The fraction of sp³-hybridized carbons (Fsp3) is 0.375. The first-order chi connectivity index (χ1) is 18.8. The molecule has 0 saturated heterocycles. The summed E-state index contributed by atoms with van der Waals surface area (Å²) in [7, 11) is -3.80. The SMILES string of the molecule is CCc1ccc(N(CC(=O)N(Cc2ccccc2C)C(Cc2ccccc2)C(=O)NC(C)(C)C)S(C)(=O)=O)cc1. The first-order valence-corrected chi connectivity index (χ1v) is 15.4. The van der Waals surface area contributed by atoms with Crippen molar-refractivity contribution < 1.29 is 18.0 Å². The monoisotopic (exact) mass is 563 g/mol. The van der Waals surface area contributed by atoms with Crippen molar-refractivity contribution in [3.8, 4) is 0 Å². The van der Waals surface area contributed by atoms with Crippen LogP contribution in [0.3, 0.4) is 0 Å². The lowest BCUT2D eigenvalue weighted by Gasteiger charge is -2.35. The maximum atomic E-state index is 14.2. The molecule has 0 bridgehead atoms. The predicted molar refractivity (Wildman–Crippen MR) is 162 cm³/mol. The number of carbonyl (C=O) groups excluding carboxylic acids is 2. The summed E-state index contributed by atoms with van der Waals surface area (Å²) in [6.45, 7) is 9.39. The van der Waals surface area contributed by atoms with Crippen molar-refractivity contribution in [2.75, 3.05) is 17.1 Å². The lowest BCUT2D eigenvalue weighted by Crippen LogP contribution is -2.56. The molecule has 0 aliphatic heterocycles. The second-order valence-electron chi connectivity index (χ2n) is 11.2. The van der Waals surface area contributed by atoms with Crippen LogP contribution in [-0.2, 0) is 39.0 Å². The third kappa shape index (κ3) is 8.68. The van der Waals surface area contributed by atoms with Crippen LogP contribution in [0.15, 0.2) is 78.9 Å². The number of sulfonamides is 1. The van der Waals surface area contributed by atoms with E-state index in [1.165, 1.54) is 4.90 Å². The van der Waals surface area contributed by atoms with Crippen LogP contribution < -0.4 is 9.62 Å². The molecular weight excluding hydrogens is 522 g/mol. The van der Waals surface area contributed by atoms with E-state index in [9.17, 15) is 18.0 Å². The Balaban J connectivity index is 2.07. The van der Waals surface area contributed by atoms with E-state index in [0.717, 1.165) is 39.2 Å². The van der Waals surface area contributed by atoms with Gasteiger partial charge in [-0.2, -0.15) is 0 Å². The molecule has 3 rings (SSSR count). The third-order valence-electron chi connectivity index (χ3n) is 6.68. The van der Waals surface area contributed by atoms with Crippen molar-refractivity contribution in [3.63, 3.8) is 0 Å². The van der Waals surface area contributed by atoms with Crippen molar-refractivity contribution in [1.29, 1.82) is 0 Å². The Bertz CT molecular complexity index is 1400. The smallest absolute Gasteiger partial charge is 0.244 e. The topological polar surface area (TPSA) is 86.8 Å². The normalized spacial score (nSPS) is 12.4. The summed E-state index contributed by atoms with van der Waals surface area (Å²) in [5.41, 5.74) is 3.70. The molecule has 0 aromatic heterocycles. The average Bonchev–Trinajstić information content (AvgIpc) is 2.89. The van der Waals surface area contributed by atoms with Gasteiger partial charge in [-0.1, -0.05) is 73.7 Å².